The average molecular weight is 269 g/mol. The van der Waals surface area contributed by atoms with Crippen LogP contribution in [0.3, 0.4) is 0 Å². The van der Waals surface area contributed by atoms with E-state index in [-0.39, 0.29) is 5.91 Å². The van der Waals surface area contributed by atoms with Crippen LogP contribution in [0.25, 0.3) is 0 Å². The van der Waals surface area contributed by atoms with Gasteiger partial charge < -0.3 is 15.5 Å². The van der Waals surface area contributed by atoms with Crippen LogP contribution in [-0.2, 0) is 4.79 Å². The lowest BCUT2D eigenvalue weighted by molar-refractivity contribution is -0.133. The lowest BCUT2D eigenvalue weighted by Crippen LogP contribution is -2.44. The van der Waals surface area contributed by atoms with Gasteiger partial charge in [-0.3, -0.25) is 4.79 Å². The van der Waals surface area contributed by atoms with E-state index in [1.165, 1.54) is 12.8 Å². The third-order valence-electron chi connectivity index (χ3n) is 4.35. The molecule has 0 aromatic rings. The zero-order chi connectivity index (χ0) is 13.3. The topological polar surface area (TPSA) is 49.6 Å². The predicted molar refractivity (Wildman–Crippen MR) is 76.3 cm³/mol. The van der Waals surface area contributed by atoms with E-state index in [9.17, 15) is 4.79 Å². The summed E-state index contributed by atoms with van der Waals surface area (Å²) in [5, 5.41) is 0. The minimum absolute atomic E-state index is 0.133. The van der Waals surface area contributed by atoms with Crippen LogP contribution in [0, 0.1) is 11.3 Å². The van der Waals surface area contributed by atoms with E-state index in [4.69, 9.17) is 18.0 Å². The van der Waals surface area contributed by atoms with Crippen molar-refractivity contribution in [3.63, 3.8) is 0 Å². The van der Waals surface area contributed by atoms with E-state index >= 15 is 0 Å². The van der Waals surface area contributed by atoms with E-state index in [2.05, 4.69) is 11.9 Å². The molecule has 0 radical (unpaired) electrons. The van der Waals surface area contributed by atoms with Crippen molar-refractivity contribution in [1.29, 1.82) is 0 Å². The molecule has 1 heterocycles. The lowest BCUT2D eigenvalue weighted by Gasteiger charge is -2.32. The number of nitrogens with two attached hydrogens (primary N) is 1. The second kappa shape index (κ2) is 5.13. The van der Waals surface area contributed by atoms with Crippen molar-refractivity contribution in [3.05, 3.63) is 0 Å². The number of rotatable bonds is 4. The molecule has 0 spiro atoms. The molecule has 0 aromatic carbocycles. The molecule has 0 unspecified atom stereocenters. The summed E-state index contributed by atoms with van der Waals surface area (Å²) in [5.74, 6) is 0.756. The molecule has 0 bridgehead atoms. The van der Waals surface area contributed by atoms with E-state index in [1.807, 2.05) is 11.9 Å². The van der Waals surface area contributed by atoms with Crippen LogP contribution >= 0.6 is 12.2 Å². The molecular formula is C13H23N3OS. The molecule has 0 aromatic heterocycles. The summed E-state index contributed by atoms with van der Waals surface area (Å²) in [5.41, 5.74) is 5.21. The highest BCUT2D eigenvalue weighted by molar-refractivity contribution is 7.80. The van der Waals surface area contributed by atoms with Crippen LogP contribution in [0.5, 0.6) is 0 Å². The van der Waals surface area contributed by atoms with Crippen LogP contribution in [0.1, 0.15) is 25.7 Å². The van der Waals surface area contributed by atoms with Gasteiger partial charge in [-0.1, -0.05) is 12.2 Å². The molecule has 1 amide bonds. The maximum absolute atomic E-state index is 12.4. The van der Waals surface area contributed by atoms with Gasteiger partial charge in [0.25, 0.3) is 0 Å². The zero-order valence-electron chi connectivity index (χ0n) is 11.3. The summed E-state index contributed by atoms with van der Waals surface area (Å²) in [6, 6.07) is 0. The quantitative estimate of drug-likeness (QED) is 0.769. The number of carbonyl (C=O) groups is 1. The van der Waals surface area contributed by atoms with Crippen molar-refractivity contribution in [1.82, 2.24) is 9.80 Å². The molecule has 5 heteroatoms. The molecule has 2 fully saturated rings. The molecule has 2 N–H and O–H groups in total. The number of hydrogen-bond acceptors (Lipinski definition) is 3. The minimum atomic E-state index is -0.491. The van der Waals surface area contributed by atoms with Crippen LogP contribution in [0.4, 0.5) is 0 Å². The molecule has 4 nitrogen and oxygen atoms in total. The van der Waals surface area contributed by atoms with Crippen LogP contribution in [0.15, 0.2) is 0 Å². The van der Waals surface area contributed by atoms with Gasteiger partial charge in [0.2, 0.25) is 5.91 Å². The smallest absolute Gasteiger partial charge is 0.235 e. The second-order valence-corrected chi connectivity index (χ2v) is 6.32. The van der Waals surface area contributed by atoms with Crippen molar-refractivity contribution in [2.45, 2.75) is 25.7 Å². The first-order valence-electron chi connectivity index (χ1n) is 6.70. The summed E-state index contributed by atoms with van der Waals surface area (Å²) < 4.78 is 0. The number of carbonyl (C=O) groups excluding carboxylic acids is 1. The SMILES string of the molecule is CN1CCC(CN(C)C(=O)C2(C(N)=S)CC2)CC1. The van der Waals surface area contributed by atoms with Crippen molar-refractivity contribution in [3.8, 4) is 0 Å². The Morgan fingerprint density at radius 3 is 2.44 bits per heavy atom. The molecule has 18 heavy (non-hydrogen) atoms. The summed E-state index contributed by atoms with van der Waals surface area (Å²) >= 11 is 5.03. The molecular weight excluding hydrogens is 246 g/mol. The Labute approximate surface area is 114 Å². The largest absolute Gasteiger partial charge is 0.392 e. The number of amides is 1. The first kappa shape index (κ1) is 13.7. The second-order valence-electron chi connectivity index (χ2n) is 5.88. The van der Waals surface area contributed by atoms with Gasteiger partial charge in [0, 0.05) is 13.6 Å². The summed E-state index contributed by atoms with van der Waals surface area (Å²) in [6.45, 7) is 3.11. The molecule has 1 aliphatic heterocycles. The van der Waals surface area contributed by atoms with Crippen LogP contribution < -0.4 is 5.73 Å². The van der Waals surface area contributed by atoms with Gasteiger partial charge in [0.1, 0.15) is 0 Å². The minimum Gasteiger partial charge on any atom is -0.392 e. The molecule has 1 aliphatic carbocycles. The Morgan fingerprint density at radius 1 is 1.44 bits per heavy atom. The van der Waals surface area contributed by atoms with E-state index in [1.54, 1.807) is 0 Å². The fraction of sp³-hybridized carbons (Fsp3) is 0.846. The monoisotopic (exact) mass is 269 g/mol. The number of hydrogen-bond donors (Lipinski definition) is 1. The summed E-state index contributed by atoms with van der Waals surface area (Å²) in [6.07, 6.45) is 4.01. The van der Waals surface area contributed by atoms with Crippen molar-refractivity contribution < 1.29 is 4.79 Å². The molecule has 102 valence electrons. The predicted octanol–water partition coefficient (Wildman–Crippen LogP) is 0.853. The van der Waals surface area contributed by atoms with Gasteiger partial charge in [-0.05, 0) is 51.7 Å². The van der Waals surface area contributed by atoms with Gasteiger partial charge in [0.15, 0.2) is 0 Å². The van der Waals surface area contributed by atoms with Crippen molar-refractivity contribution >= 4 is 23.1 Å². The molecule has 2 rings (SSSR count). The first-order chi connectivity index (χ1) is 8.45. The van der Waals surface area contributed by atoms with Crippen molar-refractivity contribution in [2.75, 3.05) is 33.7 Å². The maximum Gasteiger partial charge on any atom is 0.235 e. The van der Waals surface area contributed by atoms with E-state index < -0.39 is 5.41 Å². The molecule has 0 atom stereocenters. The third-order valence-corrected chi connectivity index (χ3v) is 4.74. The Kier molecular flexibility index (Phi) is 3.92. The fourth-order valence-electron chi connectivity index (χ4n) is 2.77. The summed E-state index contributed by atoms with van der Waals surface area (Å²) in [7, 11) is 4.04. The van der Waals surface area contributed by atoms with Gasteiger partial charge >= 0.3 is 0 Å². The Bertz CT molecular complexity index is 346. The average Bonchev–Trinajstić information content (AvgIpc) is 3.12. The maximum atomic E-state index is 12.4. The van der Waals surface area contributed by atoms with E-state index in [0.29, 0.717) is 10.9 Å². The standard InChI is InChI=1S/C13H23N3OS/c1-15-7-3-10(4-8-15)9-16(2)12(17)13(5-6-13)11(14)18/h10H,3-9H2,1-2H3,(H2,14,18). The first-order valence-corrected chi connectivity index (χ1v) is 7.10. The van der Waals surface area contributed by atoms with Gasteiger partial charge in [0.05, 0.1) is 10.4 Å². The Hall–Kier alpha value is -0.680. The van der Waals surface area contributed by atoms with E-state index in [0.717, 1.165) is 32.5 Å². The van der Waals surface area contributed by atoms with Gasteiger partial charge in [-0.25, -0.2) is 0 Å². The van der Waals surface area contributed by atoms with Gasteiger partial charge in [-0.2, -0.15) is 0 Å². The normalized spacial score (nSPS) is 23.7. The number of nitrogens with zero attached hydrogens (tertiary/aromatic N) is 2. The molecule has 1 saturated carbocycles. The highest BCUT2D eigenvalue weighted by Crippen LogP contribution is 2.47. The number of likely N-dealkylation sites (tertiary alicyclic amines) is 1. The third kappa shape index (κ3) is 2.67. The zero-order valence-corrected chi connectivity index (χ0v) is 12.1. The van der Waals surface area contributed by atoms with Crippen molar-refractivity contribution in [2.24, 2.45) is 17.1 Å². The Morgan fingerprint density at radius 2 is 2.00 bits per heavy atom. The number of thiocarbonyl (C=S) groups is 1. The molecule has 1 saturated heterocycles. The highest BCUT2D eigenvalue weighted by atomic mass is 32.1. The highest BCUT2D eigenvalue weighted by Gasteiger charge is 2.54. The number of piperidine rings is 1. The van der Waals surface area contributed by atoms with Gasteiger partial charge in [-0.15, -0.1) is 0 Å². The summed E-state index contributed by atoms with van der Waals surface area (Å²) in [4.78, 5) is 16.9. The lowest BCUT2D eigenvalue weighted by atomic mass is 9.96. The van der Waals surface area contributed by atoms with Crippen LogP contribution in [-0.4, -0.2) is 54.4 Å². The fourth-order valence-corrected chi connectivity index (χ4v) is 3.06. The molecule has 2 aliphatic rings. The van der Waals surface area contributed by atoms with Crippen LogP contribution in [0.2, 0.25) is 0 Å². The Balaban J connectivity index is 1.86.